The molecule has 0 bridgehead atoms. The number of piperidine rings is 1. The van der Waals surface area contributed by atoms with Crippen molar-refractivity contribution in [3.63, 3.8) is 0 Å². The quantitative estimate of drug-likeness (QED) is 0.759. The van der Waals surface area contributed by atoms with Gasteiger partial charge < -0.3 is 10.6 Å². The van der Waals surface area contributed by atoms with Crippen LogP contribution in [0.1, 0.15) is 58.8 Å². The van der Waals surface area contributed by atoms with Gasteiger partial charge in [-0.15, -0.1) is 0 Å². The van der Waals surface area contributed by atoms with E-state index in [4.69, 9.17) is 5.73 Å². The third-order valence-corrected chi connectivity index (χ3v) is 4.17. The van der Waals surface area contributed by atoms with Crippen molar-refractivity contribution >= 4 is 5.91 Å². The molecule has 1 aliphatic rings. The summed E-state index contributed by atoms with van der Waals surface area (Å²) >= 11 is 0. The van der Waals surface area contributed by atoms with Crippen molar-refractivity contribution < 1.29 is 4.79 Å². The molecular formula is C15H30N2O. The molecule has 1 aliphatic heterocycles. The molecule has 3 nitrogen and oxygen atoms in total. The molecule has 1 heterocycles. The van der Waals surface area contributed by atoms with Crippen molar-refractivity contribution in [1.82, 2.24) is 4.90 Å². The van der Waals surface area contributed by atoms with Crippen LogP contribution < -0.4 is 5.73 Å². The highest BCUT2D eigenvalue weighted by Crippen LogP contribution is 2.20. The van der Waals surface area contributed by atoms with Gasteiger partial charge in [0.1, 0.15) is 0 Å². The van der Waals surface area contributed by atoms with E-state index >= 15 is 0 Å². The topological polar surface area (TPSA) is 46.3 Å². The molecule has 1 fully saturated rings. The maximum absolute atomic E-state index is 12.1. The third-order valence-electron chi connectivity index (χ3n) is 4.17. The van der Waals surface area contributed by atoms with E-state index < -0.39 is 0 Å². The minimum absolute atomic E-state index is 0.361. The summed E-state index contributed by atoms with van der Waals surface area (Å²) in [6, 6.07) is 0. The Morgan fingerprint density at radius 2 is 1.94 bits per heavy atom. The zero-order chi connectivity index (χ0) is 13.4. The van der Waals surface area contributed by atoms with Gasteiger partial charge in [0, 0.05) is 19.5 Å². The van der Waals surface area contributed by atoms with Gasteiger partial charge in [0.15, 0.2) is 0 Å². The van der Waals surface area contributed by atoms with Crippen LogP contribution in [0.25, 0.3) is 0 Å². The van der Waals surface area contributed by atoms with Gasteiger partial charge in [-0.2, -0.15) is 0 Å². The van der Waals surface area contributed by atoms with Crippen molar-refractivity contribution in [3.05, 3.63) is 0 Å². The fourth-order valence-electron chi connectivity index (χ4n) is 2.82. The maximum Gasteiger partial charge on any atom is 0.222 e. The molecule has 1 atom stereocenters. The molecule has 0 aromatic carbocycles. The molecule has 2 N–H and O–H groups in total. The standard InChI is InChI=1S/C15H30N2O/c1-3-4-14(7-10-16)5-6-15(18)17-11-8-13(2)9-12-17/h13-14H,3-12,16H2,1-2H3. The largest absolute Gasteiger partial charge is 0.343 e. The maximum atomic E-state index is 12.1. The van der Waals surface area contributed by atoms with Crippen LogP contribution in [0.4, 0.5) is 0 Å². The van der Waals surface area contributed by atoms with Crippen LogP contribution in [0, 0.1) is 11.8 Å². The lowest BCUT2D eigenvalue weighted by Crippen LogP contribution is -2.38. The molecule has 106 valence electrons. The van der Waals surface area contributed by atoms with Crippen LogP contribution in [0.15, 0.2) is 0 Å². The molecule has 1 unspecified atom stereocenters. The zero-order valence-electron chi connectivity index (χ0n) is 12.2. The number of nitrogens with two attached hydrogens (primary N) is 1. The molecule has 18 heavy (non-hydrogen) atoms. The minimum Gasteiger partial charge on any atom is -0.343 e. The number of amides is 1. The molecule has 3 heteroatoms. The lowest BCUT2D eigenvalue weighted by Gasteiger charge is -2.30. The first-order valence-corrected chi connectivity index (χ1v) is 7.65. The van der Waals surface area contributed by atoms with Crippen LogP contribution in [-0.2, 0) is 4.79 Å². The SMILES string of the molecule is CCCC(CCN)CCC(=O)N1CCC(C)CC1. The van der Waals surface area contributed by atoms with Gasteiger partial charge in [-0.3, -0.25) is 4.79 Å². The van der Waals surface area contributed by atoms with E-state index in [0.717, 1.165) is 44.8 Å². The van der Waals surface area contributed by atoms with E-state index in [-0.39, 0.29) is 0 Å². The third kappa shape index (κ3) is 5.38. The fraction of sp³-hybridized carbons (Fsp3) is 0.933. The summed E-state index contributed by atoms with van der Waals surface area (Å²) in [4.78, 5) is 14.2. The number of hydrogen-bond acceptors (Lipinski definition) is 2. The zero-order valence-corrected chi connectivity index (χ0v) is 12.2. The molecule has 1 rings (SSSR count). The molecule has 0 saturated carbocycles. The summed E-state index contributed by atoms with van der Waals surface area (Å²) in [5, 5.41) is 0. The highest BCUT2D eigenvalue weighted by Gasteiger charge is 2.20. The van der Waals surface area contributed by atoms with E-state index in [2.05, 4.69) is 18.7 Å². The van der Waals surface area contributed by atoms with Gasteiger partial charge >= 0.3 is 0 Å². The Labute approximate surface area is 112 Å². The number of rotatable bonds is 7. The summed E-state index contributed by atoms with van der Waals surface area (Å²) in [5.74, 6) is 1.80. The first-order valence-electron chi connectivity index (χ1n) is 7.65. The van der Waals surface area contributed by atoms with Gasteiger partial charge in [0.05, 0.1) is 0 Å². The van der Waals surface area contributed by atoms with Crippen LogP contribution in [0.5, 0.6) is 0 Å². The van der Waals surface area contributed by atoms with Crippen molar-refractivity contribution in [2.24, 2.45) is 17.6 Å². The molecule has 1 amide bonds. The normalized spacial score (nSPS) is 18.9. The molecule has 0 radical (unpaired) electrons. The molecule has 1 saturated heterocycles. The second-order valence-electron chi connectivity index (χ2n) is 5.83. The minimum atomic E-state index is 0.361. The number of carbonyl (C=O) groups excluding carboxylic acids is 1. The van der Waals surface area contributed by atoms with Gasteiger partial charge in [-0.1, -0.05) is 26.7 Å². The molecular weight excluding hydrogens is 224 g/mol. The van der Waals surface area contributed by atoms with Crippen LogP contribution in [-0.4, -0.2) is 30.4 Å². The summed E-state index contributed by atoms with van der Waals surface area (Å²) in [6.45, 7) is 7.17. The fourth-order valence-corrected chi connectivity index (χ4v) is 2.82. The highest BCUT2D eigenvalue weighted by molar-refractivity contribution is 5.76. The van der Waals surface area contributed by atoms with Crippen molar-refractivity contribution in [2.75, 3.05) is 19.6 Å². The van der Waals surface area contributed by atoms with Crippen molar-refractivity contribution in [3.8, 4) is 0 Å². The average Bonchev–Trinajstić information content (AvgIpc) is 2.37. The second-order valence-corrected chi connectivity index (χ2v) is 5.83. The first-order chi connectivity index (χ1) is 8.67. The Balaban J connectivity index is 2.26. The summed E-state index contributed by atoms with van der Waals surface area (Å²) < 4.78 is 0. The van der Waals surface area contributed by atoms with Gasteiger partial charge in [0.2, 0.25) is 5.91 Å². The number of likely N-dealkylation sites (tertiary alicyclic amines) is 1. The molecule has 0 aromatic heterocycles. The molecule has 0 spiro atoms. The Bertz CT molecular complexity index is 229. The Morgan fingerprint density at radius 3 is 2.50 bits per heavy atom. The number of hydrogen-bond donors (Lipinski definition) is 1. The summed E-state index contributed by atoms with van der Waals surface area (Å²) in [5.41, 5.74) is 5.63. The highest BCUT2D eigenvalue weighted by atomic mass is 16.2. The first kappa shape index (κ1) is 15.5. The van der Waals surface area contributed by atoms with Gasteiger partial charge in [-0.25, -0.2) is 0 Å². The van der Waals surface area contributed by atoms with E-state index in [1.807, 2.05) is 0 Å². The predicted molar refractivity (Wildman–Crippen MR) is 76.3 cm³/mol. The summed E-state index contributed by atoms with van der Waals surface area (Å²) in [7, 11) is 0. The lowest BCUT2D eigenvalue weighted by atomic mass is 9.93. The van der Waals surface area contributed by atoms with Gasteiger partial charge in [-0.05, 0) is 44.1 Å². The van der Waals surface area contributed by atoms with E-state index in [0.29, 0.717) is 11.8 Å². The average molecular weight is 254 g/mol. The molecule has 0 aromatic rings. The van der Waals surface area contributed by atoms with Crippen LogP contribution in [0.2, 0.25) is 0 Å². The van der Waals surface area contributed by atoms with Gasteiger partial charge in [0.25, 0.3) is 0 Å². The van der Waals surface area contributed by atoms with E-state index in [1.165, 1.54) is 25.7 Å². The monoisotopic (exact) mass is 254 g/mol. The van der Waals surface area contributed by atoms with Crippen LogP contribution in [0.3, 0.4) is 0 Å². The lowest BCUT2D eigenvalue weighted by molar-refractivity contribution is -0.132. The van der Waals surface area contributed by atoms with Crippen molar-refractivity contribution in [2.45, 2.75) is 58.8 Å². The number of nitrogens with zero attached hydrogens (tertiary/aromatic N) is 1. The van der Waals surface area contributed by atoms with Crippen molar-refractivity contribution in [1.29, 1.82) is 0 Å². The molecule has 0 aliphatic carbocycles. The smallest absolute Gasteiger partial charge is 0.222 e. The predicted octanol–water partition coefficient (Wildman–Crippen LogP) is 2.79. The Morgan fingerprint density at radius 1 is 1.28 bits per heavy atom. The number of carbonyl (C=O) groups is 1. The Kier molecular flexibility index (Phi) is 7.33. The second kappa shape index (κ2) is 8.52. The van der Waals surface area contributed by atoms with E-state index in [1.54, 1.807) is 0 Å². The van der Waals surface area contributed by atoms with Crippen LogP contribution >= 0.6 is 0 Å². The van der Waals surface area contributed by atoms with E-state index in [9.17, 15) is 4.79 Å². The Hall–Kier alpha value is -0.570. The summed E-state index contributed by atoms with van der Waals surface area (Å²) in [6.07, 6.45) is 7.56.